The van der Waals surface area contributed by atoms with Crippen LogP contribution in [0, 0.1) is 19.7 Å². The molecule has 4 rings (SSSR count). The molecule has 0 spiro atoms. The molecule has 0 amide bonds. The standard InChI is InChI=1S/C25H22FNO2/c1-16-13-23(28-3)10-11-24(16)18-4-5-19-14-21(27-25(19)17(2)12-18)15-29-22-8-6-20(26)7-9-22/h4-14H,15H2,1-3H3. The van der Waals surface area contributed by atoms with Crippen molar-refractivity contribution >= 4 is 0 Å². The minimum absolute atomic E-state index is 0.277. The molecule has 2 aromatic carbocycles. The maximum Gasteiger partial charge on any atom is 0.130 e. The Morgan fingerprint density at radius 2 is 1.52 bits per heavy atom. The molecule has 0 unspecified atom stereocenters. The van der Waals surface area contributed by atoms with E-state index in [4.69, 9.17) is 14.5 Å². The molecule has 0 saturated carbocycles. The van der Waals surface area contributed by atoms with Gasteiger partial charge in [-0.15, -0.1) is 0 Å². The second kappa shape index (κ2) is 7.92. The highest BCUT2D eigenvalue weighted by Crippen LogP contribution is 2.32. The molecule has 0 aromatic heterocycles. The van der Waals surface area contributed by atoms with Crippen LogP contribution in [-0.4, -0.2) is 12.1 Å². The first-order chi connectivity index (χ1) is 14.0. The second-order valence-corrected chi connectivity index (χ2v) is 7.09. The van der Waals surface area contributed by atoms with Crippen molar-refractivity contribution in [1.29, 1.82) is 0 Å². The van der Waals surface area contributed by atoms with E-state index < -0.39 is 0 Å². The van der Waals surface area contributed by atoms with Gasteiger partial charge in [0.05, 0.1) is 18.5 Å². The van der Waals surface area contributed by atoms with Gasteiger partial charge in [-0.1, -0.05) is 18.2 Å². The fraction of sp³-hybridized carbons (Fsp3) is 0.160. The molecule has 0 N–H and O–H groups in total. The van der Waals surface area contributed by atoms with Crippen LogP contribution in [0.1, 0.15) is 16.8 Å². The zero-order valence-electron chi connectivity index (χ0n) is 16.7. The molecule has 0 saturated heterocycles. The topological polar surface area (TPSA) is 31.4 Å². The highest BCUT2D eigenvalue weighted by molar-refractivity contribution is 5.74. The van der Waals surface area contributed by atoms with E-state index in [1.807, 2.05) is 18.2 Å². The smallest absolute Gasteiger partial charge is 0.130 e. The zero-order chi connectivity index (χ0) is 20.4. The predicted molar refractivity (Wildman–Crippen MR) is 113 cm³/mol. The lowest BCUT2D eigenvalue weighted by atomic mass is 10.0. The Balaban J connectivity index is 1.61. The Morgan fingerprint density at radius 3 is 2.24 bits per heavy atom. The van der Waals surface area contributed by atoms with Crippen LogP contribution >= 0.6 is 0 Å². The maximum atomic E-state index is 13.0. The predicted octanol–water partition coefficient (Wildman–Crippen LogP) is 6.20. The summed E-state index contributed by atoms with van der Waals surface area (Å²) in [6, 6.07) is 20.5. The summed E-state index contributed by atoms with van der Waals surface area (Å²) >= 11 is 0. The third-order valence-electron chi connectivity index (χ3n) is 4.98. The van der Waals surface area contributed by atoms with Gasteiger partial charge >= 0.3 is 0 Å². The summed E-state index contributed by atoms with van der Waals surface area (Å²) in [6.45, 7) is 4.50. The number of nitrogens with zero attached hydrogens (tertiary/aromatic N) is 1. The highest BCUT2D eigenvalue weighted by atomic mass is 19.1. The molecule has 2 aliphatic rings. The average Bonchev–Trinajstić information content (AvgIpc) is 3.07. The number of hydrogen-bond acceptors (Lipinski definition) is 3. The van der Waals surface area contributed by atoms with Crippen LogP contribution in [0.15, 0.2) is 66.7 Å². The van der Waals surface area contributed by atoms with Gasteiger partial charge in [0.15, 0.2) is 0 Å². The molecule has 0 atom stereocenters. The summed E-state index contributed by atoms with van der Waals surface area (Å²) < 4.78 is 24.1. The quantitative estimate of drug-likeness (QED) is 0.409. The van der Waals surface area contributed by atoms with Crippen molar-refractivity contribution < 1.29 is 13.9 Å². The number of rotatable bonds is 5. The van der Waals surface area contributed by atoms with Gasteiger partial charge in [0.2, 0.25) is 0 Å². The fourth-order valence-electron chi connectivity index (χ4n) is 3.48. The maximum absolute atomic E-state index is 13.0. The lowest BCUT2D eigenvalue weighted by molar-refractivity contribution is 0.302. The molecular weight excluding hydrogens is 365 g/mol. The Bertz CT molecular complexity index is 1120. The minimum atomic E-state index is -0.277. The summed E-state index contributed by atoms with van der Waals surface area (Å²) in [5, 5.41) is 0. The van der Waals surface area contributed by atoms with Crippen molar-refractivity contribution in [3.8, 4) is 33.9 Å². The molecule has 1 aliphatic carbocycles. The Kier molecular flexibility index (Phi) is 5.17. The monoisotopic (exact) mass is 387 g/mol. The molecule has 0 fully saturated rings. The summed E-state index contributed by atoms with van der Waals surface area (Å²) in [4.78, 5) is 4.75. The van der Waals surface area contributed by atoms with Crippen molar-refractivity contribution in [3.63, 3.8) is 0 Å². The van der Waals surface area contributed by atoms with Gasteiger partial charge in [-0.3, -0.25) is 0 Å². The SMILES string of the molecule is COc1ccc(-c2ccc3cc(COc4ccc(F)cc4)nc-3c(C)c2)c(C)c1. The van der Waals surface area contributed by atoms with Crippen LogP contribution in [0.25, 0.3) is 22.4 Å². The average molecular weight is 387 g/mol. The van der Waals surface area contributed by atoms with E-state index in [1.165, 1.54) is 17.7 Å². The normalized spacial score (nSPS) is 10.9. The van der Waals surface area contributed by atoms with Crippen LogP contribution in [0.4, 0.5) is 4.39 Å². The molecule has 1 aliphatic heterocycles. The first-order valence-corrected chi connectivity index (χ1v) is 9.47. The number of aryl methyl sites for hydroxylation is 2. The molecule has 29 heavy (non-hydrogen) atoms. The third-order valence-corrected chi connectivity index (χ3v) is 4.98. The van der Waals surface area contributed by atoms with E-state index in [0.29, 0.717) is 12.4 Å². The van der Waals surface area contributed by atoms with Crippen LogP contribution in [-0.2, 0) is 6.61 Å². The number of methoxy groups -OCH3 is 1. The van der Waals surface area contributed by atoms with Gasteiger partial charge in [0.25, 0.3) is 0 Å². The molecule has 2 aromatic rings. The zero-order valence-corrected chi connectivity index (χ0v) is 16.7. The van der Waals surface area contributed by atoms with Crippen molar-refractivity contribution in [2.75, 3.05) is 7.11 Å². The van der Waals surface area contributed by atoms with E-state index in [1.54, 1.807) is 19.2 Å². The highest BCUT2D eigenvalue weighted by Gasteiger charge is 2.13. The molecule has 146 valence electrons. The first-order valence-electron chi connectivity index (χ1n) is 9.47. The van der Waals surface area contributed by atoms with Gasteiger partial charge in [-0.2, -0.15) is 0 Å². The van der Waals surface area contributed by atoms with Gasteiger partial charge < -0.3 is 9.47 Å². The first kappa shape index (κ1) is 18.9. The lowest BCUT2D eigenvalue weighted by Gasteiger charge is -2.07. The van der Waals surface area contributed by atoms with Crippen LogP contribution in [0.2, 0.25) is 0 Å². The molecule has 0 bridgehead atoms. The van der Waals surface area contributed by atoms with Crippen molar-refractivity contribution in [3.05, 3.63) is 89.4 Å². The van der Waals surface area contributed by atoms with E-state index in [-0.39, 0.29) is 5.82 Å². The largest absolute Gasteiger partial charge is 0.497 e. The molecule has 1 heterocycles. The van der Waals surface area contributed by atoms with Crippen LogP contribution in [0.3, 0.4) is 0 Å². The molecular formula is C25H22FNO2. The Labute approximate surface area is 170 Å². The van der Waals surface area contributed by atoms with Crippen molar-refractivity contribution in [1.82, 2.24) is 4.98 Å². The summed E-state index contributed by atoms with van der Waals surface area (Å²) in [6.07, 6.45) is 0. The van der Waals surface area contributed by atoms with Gasteiger partial charge in [-0.25, -0.2) is 9.37 Å². The van der Waals surface area contributed by atoms with Gasteiger partial charge in [0, 0.05) is 5.56 Å². The number of halogens is 1. The van der Waals surface area contributed by atoms with E-state index >= 15 is 0 Å². The van der Waals surface area contributed by atoms with E-state index in [2.05, 4.69) is 38.1 Å². The summed E-state index contributed by atoms with van der Waals surface area (Å²) in [5.74, 6) is 1.20. The molecule has 4 heteroatoms. The van der Waals surface area contributed by atoms with Gasteiger partial charge in [-0.05, 0) is 84.6 Å². The number of benzene rings is 2. The Morgan fingerprint density at radius 1 is 0.793 bits per heavy atom. The number of fused-ring (bicyclic) bond motifs is 1. The van der Waals surface area contributed by atoms with Crippen LogP contribution < -0.4 is 9.47 Å². The van der Waals surface area contributed by atoms with E-state index in [0.717, 1.165) is 39.4 Å². The summed E-state index contributed by atoms with van der Waals surface area (Å²) in [5.41, 5.74) is 7.45. The van der Waals surface area contributed by atoms with Crippen LogP contribution in [0.5, 0.6) is 11.5 Å². The number of ether oxygens (including phenoxy) is 2. The third kappa shape index (κ3) is 4.06. The lowest BCUT2D eigenvalue weighted by Crippen LogP contribution is -1.95. The minimum Gasteiger partial charge on any atom is -0.497 e. The molecule has 3 nitrogen and oxygen atoms in total. The fourth-order valence-corrected chi connectivity index (χ4v) is 3.48. The van der Waals surface area contributed by atoms with E-state index in [9.17, 15) is 4.39 Å². The van der Waals surface area contributed by atoms with Crippen molar-refractivity contribution in [2.45, 2.75) is 20.5 Å². The number of aromatic nitrogens is 1. The Hall–Kier alpha value is -3.40. The number of hydrogen-bond donors (Lipinski definition) is 0. The van der Waals surface area contributed by atoms with Crippen molar-refractivity contribution in [2.24, 2.45) is 0 Å². The molecule has 0 radical (unpaired) electrons. The van der Waals surface area contributed by atoms with Gasteiger partial charge in [0.1, 0.15) is 23.9 Å². The second-order valence-electron chi connectivity index (χ2n) is 7.09. The summed E-state index contributed by atoms with van der Waals surface area (Å²) in [7, 11) is 1.68.